The lowest BCUT2D eigenvalue weighted by Gasteiger charge is -2.23. The molecule has 0 aromatic rings. The Hall–Kier alpha value is -0.600. The van der Waals surface area contributed by atoms with Crippen LogP contribution in [0, 0.1) is 6.67 Å². The molecule has 2 atom stereocenters. The van der Waals surface area contributed by atoms with Gasteiger partial charge in [-0.25, -0.2) is 0 Å². The van der Waals surface area contributed by atoms with Crippen molar-refractivity contribution in [2.45, 2.75) is 31.0 Å². The van der Waals surface area contributed by atoms with E-state index >= 15 is 0 Å². The zero-order chi connectivity index (χ0) is 7.97. The van der Waals surface area contributed by atoms with Crippen LogP contribution < -0.4 is 5.32 Å². The third-order valence-electron chi connectivity index (χ3n) is 2.73. The van der Waals surface area contributed by atoms with Crippen LogP contribution in [0.5, 0.6) is 0 Å². The summed E-state index contributed by atoms with van der Waals surface area (Å²) in [5.74, 6) is 0. The monoisotopic (exact) mass is 160 g/mol. The maximum Gasteiger partial charge on any atom is 0.144 e. The highest BCUT2D eigenvalue weighted by atomic mass is 15.4. The molecule has 1 saturated carbocycles. The minimum absolute atomic E-state index is 0.468. The zero-order valence-electron chi connectivity index (χ0n) is 6.90. The third kappa shape index (κ3) is 0.952. The van der Waals surface area contributed by atoms with Gasteiger partial charge in [-0.15, -0.1) is 0 Å². The summed E-state index contributed by atoms with van der Waals surface area (Å²) in [6.07, 6.45) is 11.4. The Balaban J connectivity index is 1.82. The topological polar surface area (TPSA) is 15.3 Å². The van der Waals surface area contributed by atoms with Gasteiger partial charge >= 0.3 is 0 Å². The van der Waals surface area contributed by atoms with Gasteiger partial charge in [0.15, 0.2) is 0 Å². The Morgan fingerprint density at radius 3 is 2.92 bits per heavy atom. The number of nitrogens with zero attached hydrogens (tertiary/aromatic N) is 1. The summed E-state index contributed by atoms with van der Waals surface area (Å²) in [6.45, 7) is 3.24. The van der Waals surface area contributed by atoms with Crippen molar-refractivity contribution in [3.05, 3.63) is 31.0 Å². The Kier molecular flexibility index (Phi) is 1.40. The van der Waals surface area contributed by atoms with Crippen LogP contribution in [-0.4, -0.2) is 23.0 Å². The summed E-state index contributed by atoms with van der Waals surface area (Å²) < 4.78 is 0. The Morgan fingerprint density at radius 1 is 1.25 bits per heavy atom. The SMILES string of the molecule is [C]1NC2C=CC=CC2N1C1CC1. The minimum atomic E-state index is 0.468. The summed E-state index contributed by atoms with van der Waals surface area (Å²) in [7, 11) is 0. The van der Waals surface area contributed by atoms with Crippen molar-refractivity contribution in [2.75, 3.05) is 0 Å². The molecule has 2 aliphatic carbocycles. The van der Waals surface area contributed by atoms with E-state index in [1.54, 1.807) is 0 Å². The van der Waals surface area contributed by atoms with Crippen molar-refractivity contribution < 1.29 is 0 Å². The second-order valence-electron chi connectivity index (χ2n) is 3.68. The number of hydrogen-bond donors (Lipinski definition) is 1. The van der Waals surface area contributed by atoms with E-state index in [4.69, 9.17) is 0 Å². The summed E-state index contributed by atoms with van der Waals surface area (Å²) in [6, 6.07) is 1.77. The van der Waals surface area contributed by atoms with Crippen molar-refractivity contribution in [2.24, 2.45) is 0 Å². The molecule has 3 rings (SSSR count). The van der Waals surface area contributed by atoms with E-state index in [1.807, 2.05) is 0 Å². The minimum Gasteiger partial charge on any atom is -0.285 e. The second-order valence-corrected chi connectivity index (χ2v) is 3.68. The van der Waals surface area contributed by atoms with Crippen LogP contribution in [0.3, 0.4) is 0 Å². The molecule has 2 radical (unpaired) electrons. The van der Waals surface area contributed by atoms with Gasteiger partial charge in [-0.2, -0.15) is 0 Å². The van der Waals surface area contributed by atoms with E-state index < -0.39 is 0 Å². The van der Waals surface area contributed by atoms with Crippen LogP contribution in [0.4, 0.5) is 0 Å². The number of allylic oxidation sites excluding steroid dienone is 2. The molecule has 2 heteroatoms. The smallest absolute Gasteiger partial charge is 0.144 e. The fourth-order valence-electron chi connectivity index (χ4n) is 1.91. The second kappa shape index (κ2) is 2.44. The van der Waals surface area contributed by atoms with Gasteiger partial charge in [-0.3, -0.25) is 10.2 Å². The van der Waals surface area contributed by atoms with Crippen molar-refractivity contribution in [3.63, 3.8) is 0 Å². The number of fused-ring (bicyclic) bond motifs is 1. The molecular formula is C10H12N2. The van der Waals surface area contributed by atoms with Crippen LogP contribution in [0.2, 0.25) is 0 Å². The van der Waals surface area contributed by atoms with Crippen molar-refractivity contribution in [1.82, 2.24) is 10.2 Å². The van der Waals surface area contributed by atoms with Crippen molar-refractivity contribution in [3.8, 4) is 0 Å². The first-order chi connectivity index (χ1) is 5.95. The summed E-state index contributed by atoms with van der Waals surface area (Å²) >= 11 is 0. The molecular weight excluding hydrogens is 148 g/mol. The lowest BCUT2D eigenvalue weighted by molar-refractivity contribution is 0.314. The third-order valence-corrected chi connectivity index (χ3v) is 2.73. The molecule has 3 aliphatic rings. The molecule has 1 N–H and O–H groups in total. The maximum absolute atomic E-state index is 3.27. The van der Waals surface area contributed by atoms with E-state index in [0.29, 0.717) is 12.1 Å². The van der Waals surface area contributed by atoms with E-state index in [0.717, 1.165) is 6.04 Å². The molecule has 1 heterocycles. The molecule has 0 aromatic carbocycles. The standard InChI is InChI=1S/C10H12N2/c1-2-4-10-9(3-1)11-7-12(10)8-5-6-8/h1-4,8-11H,5-6H2. The average Bonchev–Trinajstić information content (AvgIpc) is 2.86. The normalized spacial score (nSPS) is 40.3. The molecule has 0 spiro atoms. The van der Waals surface area contributed by atoms with Crippen LogP contribution in [0.15, 0.2) is 24.3 Å². The van der Waals surface area contributed by atoms with Gasteiger partial charge in [-0.05, 0) is 12.8 Å². The lowest BCUT2D eigenvalue weighted by Crippen LogP contribution is -2.35. The van der Waals surface area contributed by atoms with E-state index in [2.05, 4.69) is 41.2 Å². The van der Waals surface area contributed by atoms with Crippen LogP contribution in [-0.2, 0) is 0 Å². The van der Waals surface area contributed by atoms with Crippen molar-refractivity contribution >= 4 is 0 Å². The Bertz CT molecular complexity index is 240. The fourth-order valence-corrected chi connectivity index (χ4v) is 1.91. The van der Waals surface area contributed by atoms with Gasteiger partial charge in [0.2, 0.25) is 0 Å². The quantitative estimate of drug-likeness (QED) is 0.613. The number of rotatable bonds is 1. The highest BCUT2D eigenvalue weighted by Gasteiger charge is 2.40. The van der Waals surface area contributed by atoms with Crippen molar-refractivity contribution in [1.29, 1.82) is 0 Å². The predicted octanol–water partition coefficient (Wildman–Crippen LogP) is 0.913. The fraction of sp³-hybridized carbons (Fsp3) is 0.500. The van der Waals surface area contributed by atoms with Crippen LogP contribution in [0.1, 0.15) is 12.8 Å². The van der Waals surface area contributed by atoms with Crippen LogP contribution in [0.25, 0.3) is 0 Å². The van der Waals surface area contributed by atoms with Gasteiger partial charge in [0, 0.05) is 18.1 Å². The van der Waals surface area contributed by atoms with Gasteiger partial charge in [0.25, 0.3) is 0 Å². The molecule has 0 amide bonds. The molecule has 2 unspecified atom stereocenters. The summed E-state index contributed by atoms with van der Waals surface area (Å²) in [4.78, 5) is 2.34. The van der Waals surface area contributed by atoms with Gasteiger partial charge in [0.05, 0.1) is 0 Å². The average molecular weight is 160 g/mol. The molecule has 2 nitrogen and oxygen atoms in total. The van der Waals surface area contributed by atoms with E-state index in [9.17, 15) is 0 Å². The van der Waals surface area contributed by atoms with Gasteiger partial charge < -0.3 is 0 Å². The first-order valence-electron chi connectivity index (χ1n) is 4.60. The predicted molar refractivity (Wildman–Crippen MR) is 47.1 cm³/mol. The summed E-state index contributed by atoms with van der Waals surface area (Å²) in [5.41, 5.74) is 0. The first-order valence-corrected chi connectivity index (χ1v) is 4.60. The maximum atomic E-state index is 3.27. The largest absolute Gasteiger partial charge is 0.285 e. The molecule has 62 valence electrons. The zero-order valence-corrected chi connectivity index (χ0v) is 6.90. The highest BCUT2D eigenvalue weighted by molar-refractivity contribution is 5.25. The molecule has 0 aromatic heterocycles. The molecule has 1 aliphatic heterocycles. The van der Waals surface area contributed by atoms with E-state index in [-0.39, 0.29) is 0 Å². The molecule has 0 bridgehead atoms. The first kappa shape index (κ1) is 6.87. The van der Waals surface area contributed by atoms with Gasteiger partial charge in [-0.1, -0.05) is 24.3 Å². The number of nitrogens with one attached hydrogen (secondary N) is 1. The molecule has 12 heavy (non-hydrogen) atoms. The lowest BCUT2D eigenvalue weighted by atomic mass is 10.0. The molecule has 2 fully saturated rings. The Labute approximate surface area is 72.9 Å². The highest BCUT2D eigenvalue weighted by Crippen LogP contribution is 2.34. The summed E-state index contributed by atoms with van der Waals surface area (Å²) in [5, 5.41) is 3.27. The van der Waals surface area contributed by atoms with Crippen LogP contribution >= 0.6 is 0 Å². The van der Waals surface area contributed by atoms with Gasteiger partial charge in [0.1, 0.15) is 6.67 Å². The Morgan fingerprint density at radius 2 is 2.08 bits per heavy atom. The number of hydrogen-bond acceptors (Lipinski definition) is 2. The van der Waals surface area contributed by atoms with E-state index in [1.165, 1.54) is 12.8 Å². The molecule has 1 saturated heterocycles.